The topological polar surface area (TPSA) is 68.3 Å². The Labute approximate surface area is 85.1 Å². The van der Waals surface area contributed by atoms with Gasteiger partial charge in [0, 0.05) is 13.3 Å². The molecule has 1 rings (SSSR count). The first-order chi connectivity index (χ1) is 6.61. The minimum Gasteiger partial charge on any atom is -0.406 e. The number of aromatic nitrogens is 1. The molecule has 0 aromatic carbocycles. The van der Waals surface area contributed by atoms with E-state index in [1.807, 2.05) is 0 Å². The number of thiazole rings is 1. The number of anilines is 1. The minimum absolute atomic E-state index is 0.201. The molecule has 1 amide bonds. The predicted molar refractivity (Wildman–Crippen MR) is 52.3 cm³/mol. The Balaban J connectivity index is 2.59. The lowest BCUT2D eigenvalue weighted by Crippen LogP contribution is -2.07. The number of hydrogen-bond acceptors (Lipinski definition) is 5. The third-order valence-corrected chi connectivity index (χ3v) is 2.01. The Morgan fingerprint density at radius 2 is 2.36 bits per heavy atom. The maximum atomic E-state index is 10.9. The van der Waals surface area contributed by atoms with Gasteiger partial charge in [-0.05, 0) is 0 Å². The van der Waals surface area contributed by atoms with E-state index in [0.29, 0.717) is 11.6 Å². The van der Waals surface area contributed by atoms with Crippen LogP contribution in [0.3, 0.4) is 0 Å². The number of carbonyl (C=O) groups excluding carboxylic acids is 2. The van der Waals surface area contributed by atoms with Crippen molar-refractivity contribution in [3.05, 3.63) is 5.38 Å². The van der Waals surface area contributed by atoms with Gasteiger partial charge in [-0.2, -0.15) is 4.98 Å². The van der Waals surface area contributed by atoms with Crippen molar-refractivity contribution in [2.24, 2.45) is 0 Å². The quantitative estimate of drug-likeness (QED) is 0.772. The Kier molecular flexibility index (Phi) is 3.58. The molecule has 5 nitrogen and oxygen atoms in total. The van der Waals surface area contributed by atoms with E-state index in [4.69, 9.17) is 4.74 Å². The average molecular weight is 214 g/mol. The molecule has 0 aliphatic heterocycles. The highest BCUT2D eigenvalue weighted by molar-refractivity contribution is 7.14. The second-order valence-corrected chi connectivity index (χ2v) is 3.36. The molecule has 1 N–H and O–H groups in total. The van der Waals surface area contributed by atoms with Crippen molar-refractivity contribution in [2.45, 2.75) is 20.3 Å². The summed E-state index contributed by atoms with van der Waals surface area (Å²) in [7, 11) is 0. The maximum absolute atomic E-state index is 10.9. The zero-order valence-corrected chi connectivity index (χ0v) is 8.68. The Bertz CT molecular complexity index is 348. The van der Waals surface area contributed by atoms with Crippen molar-refractivity contribution >= 4 is 28.3 Å². The molecule has 0 saturated carbocycles. The Hall–Kier alpha value is -1.43. The third-order valence-electron chi connectivity index (χ3n) is 1.27. The van der Waals surface area contributed by atoms with Gasteiger partial charge in [0.25, 0.3) is 0 Å². The number of esters is 1. The SMILES string of the molecule is CCC(=O)Oc1csc(NC(C)=O)n1. The second kappa shape index (κ2) is 4.71. The van der Waals surface area contributed by atoms with E-state index in [1.165, 1.54) is 18.3 Å². The van der Waals surface area contributed by atoms with Crippen LogP contribution in [0.5, 0.6) is 5.88 Å². The molecule has 0 spiro atoms. The molecule has 1 aromatic heterocycles. The summed E-state index contributed by atoms with van der Waals surface area (Å²) in [6.45, 7) is 3.09. The van der Waals surface area contributed by atoms with E-state index in [1.54, 1.807) is 12.3 Å². The van der Waals surface area contributed by atoms with Crippen LogP contribution in [0, 0.1) is 0 Å². The number of nitrogens with zero attached hydrogens (tertiary/aromatic N) is 1. The van der Waals surface area contributed by atoms with Gasteiger partial charge in [-0.1, -0.05) is 6.92 Å². The van der Waals surface area contributed by atoms with Crippen LogP contribution < -0.4 is 10.1 Å². The van der Waals surface area contributed by atoms with Crippen molar-refractivity contribution in [3.63, 3.8) is 0 Å². The molecule has 14 heavy (non-hydrogen) atoms. The summed E-state index contributed by atoms with van der Waals surface area (Å²) in [6, 6.07) is 0. The standard InChI is InChI=1S/C8H10N2O3S/c1-3-7(12)13-6-4-14-8(10-6)9-5(2)11/h4H,3H2,1-2H3,(H,9,10,11). The fraction of sp³-hybridized carbons (Fsp3) is 0.375. The van der Waals surface area contributed by atoms with Gasteiger partial charge in [-0.25, -0.2) is 0 Å². The molecule has 0 atom stereocenters. The molecule has 0 radical (unpaired) electrons. The van der Waals surface area contributed by atoms with E-state index in [9.17, 15) is 9.59 Å². The molecule has 1 heterocycles. The lowest BCUT2D eigenvalue weighted by Gasteiger charge is -1.96. The summed E-state index contributed by atoms with van der Waals surface area (Å²) >= 11 is 1.21. The van der Waals surface area contributed by atoms with Gasteiger partial charge >= 0.3 is 5.97 Å². The molecule has 0 aliphatic carbocycles. The largest absolute Gasteiger partial charge is 0.406 e. The number of rotatable bonds is 3. The van der Waals surface area contributed by atoms with Gasteiger partial charge in [0.2, 0.25) is 11.8 Å². The van der Waals surface area contributed by atoms with E-state index in [2.05, 4.69) is 10.3 Å². The van der Waals surface area contributed by atoms with E-state index < -0.39 is 0 Å². The fourth-order valence-electron chi connectivity index (χ4n) is 0.703. The van der Waals surface area contributed by atoms with Gasteiger partial charge in [-0.15, -0.1) is 11.3 Å². The fourth-order valence-corrected chi connectivity index (χ4v) is 1.36. The monoisotopic (exact) mass is 214 g/mol. The van der Waals surface area contributed by atoms with Crippen molar-refractivity contribution < 1.29 is 14.3 Å². The van der Waals surface area contributed by atoms with Crippen LogP contribution in [-0.4, -0.2) is 16.9 Å². The summed E-state index contributed by atoms with van der Waals surface area (Å²) in [5.74, 6) is -0.317. The normalized spacial score (nSPS) is 9.57. The van der Waals surface area contributed by atoms with Gasteiger partial charge in [0.15, 0.2) is 5.13 Å². The highest BCUT2D eigenvalue weighted by Crippen LogP contribution is 2.21. The first kappa shape index (κ1) is 10.6. The van der Waals surface area contributed by atoms with Crippen LogP contribution in [0.15, 0.2) is 5.38 Å². The molecule has 1 aromatic rings. The van der Waals surface area contributed by atoms with Crippen molar-refractivity contribution in [2.75, 3.05) is 5.32 Å². The predicted octanol–water partition coefficient (Wildman–Crippen LogP) is 1.42. The van der Waals surface area contributed by atoms with Crippen LogP contribution in [0.1, 0.15) is 20.3 Å². The minimum atomic E-state index is -0.343. The number of nitrogens with one attached hydrogen (secondary N) is 1. The van der Waals surface area contributed by atoms with Crippen LogP contribution in [0.2, 0.25) is 0 Å². The number of amides is 1. The van der Waals surface area contributed by atoms with Crippen LogP contribution in [-0.2, 0) is 9.59 Å². The van der Waals surface area contributed by atoms with Crippen LogP contribution in [0.25, 0.3) is 0 Å². The van der Waals surface area contributed by atoms with Crippen molar-refractivity contribution in [1.82, 2.24) is 4.98 Å². The summed E-state index contributed by atoms with van der Waals surface area (Å²) < 4.78 is 4.83. The molecule has 0 unspecified atom stereocenters. The molecular weight excluding hydrogens is 204 g/mol. The van der Waals surface area contributed by atoms with E-state index >= 15 is 0 Å². The molecule has 0 bridgehead atoms. The first-order valence-corrected chi connectivity index (χ1v) is 4.93. The van der Waals surface area contributed by atoms with Gasteiger partial charge in [0.1, 0.15) is 0 Å². The summed E-state index contributed by atoms with van der Waals surface area (Å²) in [5.41, 5.74) is 0. The Morgan fingerprint density at radius 1 is 1.64 bits per heavy atom. The zero-order valence-electron chi connectivity index (χ0n) is 7.86. The highest BCUT2D eigenvalue weighted by Gasteiger charge is 2.07. The summed E-state index contributed by atoms with van der Waals surface area (Å²) in [6.07, 6.45) is 0.299. The third kappa shape index (κ3) is 3.14. The number of ether oxygens (including phenoxy) is 1. The summed E-state index contributed by atoms with van der Waals surface area (Å²) in [4.78, 5) is 25.4. The number of carbonyl (C=O) groups is 2. The molecule has 6 heteroatoms. The van der Waals surface area contributed by atoms with Gasteiger partial charge in [-0.3, -0.25) is 9.59 Å². The van der Waals surface area contributed by atoms with Crippen molar-refractivity contribution in [3.8, 4) is 5.88 Å². The molecular formula is C8H10N2O3S. The van der Waals surface area contributed by atoms with Crippen LogP contribution in [0.4, 0.5) is 5.13 Å². The smallest absolute Gasteiger partial charge is 0.312 e. The lowest BCUT2D eigenvalue weighted by molar-refractivity contribution is -0.134. The van der Waals surface area contributed by atoms with Gasteiger partial charge < -0.3 is 10.1 Å². The van der Waals surface area contributed by atoms with Crippen molar-refractivity contribution in [1.29, 1.82) is 0 Å². The Morgan fingerprint density at radius 3 is 2.93 bits per heavy atom. The summed E-state index contributed by atoms with van der Waals surface area (Å²) in [5, 5.41) is 4.49. The van der Waals surface area contributed by atoms with E-state index in [0.717, 1.165) is 0 Å². The maximum Gasteiger partial charge on any atom is 0.312 e. The average Bonchev–Trinajstić information content (AvgIpc) is 2.51. The molecule has 0 aliphatic rings. The highest BCUT2D eigenvalue weighted by atomic mass is 32.1. The second-order valence-electron chi connectivity index (χ2n) is 2.50. The van der Waals surface area contributed by atoms with E-state index in [-0.39, 0.29) is 17.8 Å². The molecule has 76 valence electrons. The molecule has 0 saturated heterocycles. The zero-order chi connectivity index (χ0) is 10.6. The van der Waals surface area contributed by atoms with Gasteiger partial charge in [0.05, 0.1) is 5.38 Å². The lowest BCUT2D eigenvalue weighted by atomic mass is 10.5. The molecule has 0 fully saturated rings. The first-order valence-electron chi connectivity index (χ1n) is 4.05. The van der Waals surface area contributed by atoms with Crippen LogP contribution >= 0.6 is 11.3 Å². The number of hydrogen-bond donors (Lipinski definition) is 1.